The lowest BCUT2D eigenvalue weighted by Crippen LogP contribution is -2.36. The SMILES string of the molecule is CC(C)n1c(C(=O)N2CCCC2)nc2c1CCN(C(=O)c1cccnc1)C2. The van der Waals surface area contributed by atoms with E-state index < -0.39 is 0 Å². The van der Waals surface area contributed by atoms with Crippen LogP contribution in [0.4, 0.5) is 0 Å². The topological polar surface area (TPSA) is 71.3 Å². The van der Waals surface area contributed by atoms with Gasteiger partial charge in [-0.3, -0.25) is 14.6 Å². The maximum Gasteiger partial charge on any atom is 0.289 e. The number of likely N-dealkylation sites (tertiary alicyclic amines) is 1. The number of aromatic nitrogens is 3. The molecule has 0 spiro atoms. The van der Waals surface area contributed by atoms with Crippen molar-refractivity contribution in [2.24, 2.45) is 0 Å². The molecule has 0 saturated carbocycles. The van der Waals surface area contributed by atoms with E-state index in [9.17, 15) is 9.59 Å². The van der Waals surface area contributed by atoms with E-state index >= 15 is 0 Å². The Kier molecular flexibility index (Phi) is 4.68. The number of nitrogens with zero attached hydrogens (tertiary/aromatic N) is 5. The molecule has 2 aliphatic heterocycles. The predicted molar refractivity (Wildman–Crippen MR) is 100 cm³/mol. The highest BCUT2D eigenvalue weighted by Crippen LogP contribution is 2.26. The third kappa shape index (κ3) is 3.22. The van der Waals surface area contributed by atoms with E-state index in [1.807, 2.05) is 4.90 Å². The highest BCUT2D eigenvalue weighted by Gasteiger charge is 2.32. The fourth-order valence-electron chi connectivity index (χ4n) is 4.02. The van der Waals surface area contributed by atoms with E-state index in [1.165, 1.54) is 0 Å². The van der Waals surface area contributed by atoms with Crippen LogP contribution in [0.3, 0.4) is 0 Å². The summed E-state index contributed by atoms with van der Waals surface area (Å²) in [5.41, 5.74) is 2.51. The van der Waals surface area contributed by atoms with Crippen molar-refractivity contribution in [2.75, 3.05) is 19.6 Å². The summed E-state index contributed by atoms with van der Waals surface area (Å²) in [5, 5.41) is 0. The second kappa shape index (κ2) is 7.13. The number of hydrogen-bond donors (Lipinski definition) is 0. The zero-order chi connectivity index (χ0) is 19.0. The van der Waals surface area contributed by atoms with Gasteiger partial charge in [0, 0.05) is 50.2 Å². The minimum Gasteiger partial charge on any atom is -0.336 e. The van der Waals surface area contributed by atoms with Gasteiger partial charge in [0.1, 0.15) is 0 Å². The Balaban J connectivity index is 1.63. The van der Waals surface area contributed by atoms with Crippen LogP contribution in [0, 0.1) is 0 Å². The summed E-state index contributed by atoms with van der Waals surface area (Å²) < 4.78 is 2.07. The largest absolute Gasteiger partial charge is 0.336 e. The molecule has 0 bridgehead atoms. The van der Waals surface area contributed by atoms with Crippen LogP contribution in [-0.4, -0.2) is 55.8 Å². The van der Waals surface area contributed by atoms with Crippen molar-refractivity contribution < 1.29 is 9.59 Å². The number of imidazole rings is 1. The van der Waals surface area contributed by atoms with Crippen LogP contribution < -0.4 is 0 Å². The van der Waals surface area contributed by atoms with Gasteiger partial charge in [-0.25, -0.2) is 4.98 Å². The molecule has 2 amide bonds. The molecule has 1 fully saturated rings. The summed E-state index contributed by atoms with van der Waals surface area (Å²) in [6.45, 7) is 6.82. The molecule has 0 N–H and O–H groups in total. The number of carbonyl (C=O) groups excluding carboxylic acids is 2. The van der Waals surface area contributed by atoms with E-state index in [2.05, 4.69) is 23.4 Å². The molecule has 4 heterocycles. The molecule has 0 aliphatic carbocycles. The number of pyridine rings is 1. The highest BCUT2D eigenvalue weighted by atomic mass is 16.2. The zero-order valence-corrected chi connectivity index (χ0v) is 15.9. The van der Waals surface area contributed by atoms with Gasteiger partial charge in [-0.15, -0.1) is 0 Å². The second-order valence-corrected chi connectivity index (χ2v) is 7.51. The molecule has 142 valence electrons. The van der Waals surface area contributed by atoms with E-state index in [4.69, 9.17) is 4.98 Å². The summed E-state index contributed by atoms with van der Waals surface area (Å²) in [4.78, 5) is 38.2. The maximum absolute atomic E-state index is 13.0. The fourth-order valence-corrected chi connectivity index (χ4v) is 4.02. The molecule has 0 radical (unpaired) electrons. The molecule has 0 atom stereocenters. The van der Waals surface area contributed by atoms with Crippen molar-refractivity contribution in [1.29, 1.82) is 0 Å². The summed E-state index contributed by atoms with van der Waals surface area (Å²) in [7, 11) is 0. The molecule has 4 rings (SSSR count). The first-order valence-electron chi connectivity index (χ1n) is 9.65. The number of rotatable bonds is 3. The highest BCUT2D eigenvalue weighted by molar-refractivity contribution is 5.94. The number of amides is 2. The Morgan fingerprint density at radius 3 is 2.52 bits per heavy atom. The standard InChI is InChI=1S/C20H25N5O2/c1-14(2)25-17-7-11-24(19(26)15-6-5-8-21-12-15)13-16(17)22-18(25)20(27)23-9-3-4-10-23/h5-6,8,12,14H,3-4,7,9-11,13H2,1-2H3. The fraction of sp³-hybridized carbons (Fsp3) is 0.500. The van der Waals surface area contributed by atoms with Gasteiger partial charge in [-0.1, -0.05) is 0 Å². The van der Waals surface area contributed by atoms with Gasteiger partial charge in [0.05, 0.1) is 17.8 Å². The first-order valence-corrected chi connectivity index (χ1v) is 9.65. The molecule has 0 unspecified atom stereocenters. The number of fused-ring (bicyclic) bond motifs is 1. The molecule has 7 heteroatoms. The van der Waals surface area contributed by atoms with Crippen LogP contribution in [0.25, 0.3) is 0 Å². The lowest BCUT2D eigenvalue weighted by Gasteiger charge is -2.28. The summed E-state index contributed by atoms with van der Waals surface area (Å²) in [6, 6.07) is 3.70. The smallest absolute Gasteiger partial charge is 0.289 e. The summed E-state index contributed by atoms with van der Waals surface area (Å²) in [5.74, 6) is 0.494. The number of hydrogen-bond acceptors (Lipinski definition) is 4. The Labute approximate surface area is 159 Å². The third-order valence-corrected chi connectivity index (χ3v) is 5.35. The van der Waals surface area contributed by atoms with Gasteiger partial charge in [0.2, 0.25) is 0 Å². The van der Waals surface area contributed by atoms with Gasteiger partial charge in [0.25, 0.3) is 11.8 Å². The molecule has 2 aliphatic rings. The molecule has 2 aromatic heterocycles. The van der Waals surface area contributed by atoms with Crippen LogP contribution in [0.5, 0.6) is 0 Å². The summed E-state index contributed by atoms with van der Waals surface area (Å²) >= 11 is 0. The van der Waals surface area contributed by atoms with Crippen molar-refractivity contribution in [3.05, 3.63) is 47.3 Å². The quantitative estimate of drug-likeness (QED) is 0.834. The molecule has 7 nitrogen and oxygen atoms in total. The van der Waals surface area contributed by atoms with E-state index in [1.54, 1.807) is 29.4 Å². The van der Waals surface area contributed by atoms with Crippen LogP contribution in [0.1, 0.15) is 65.1 Å². The van der Waals surface area contributed by atoms with E-state index in [-0.39, 0.29) is 17.9 Å². The normalized spacial score (nSPS) is 16.7. The van der Waals surface area contributed by atoms with Crippen molar-refractivity contribution >= 4 is 11.8 Å². The van der Waals surface area contributed by atoms with Crippen LogP contribution in [0.2, 0.25) is 0 Å². The van der Waals surface area contributed by atoms with E-state index in [0.717, 1.165) is 37.3 Å². The Morgan fingerprint density at radius 1 is 1.07 bits per heavy atom. The lowest BCUT2D eigenvalue weighted by atomic mass is 10.1. The Bertz CT molecular complexity index is 853. The van der Waals surface area contributed by atoms with Gasteiger partial charge in [-0.05, 0) is 38.8 Å². The molecule has 0 aromatic carbocycles. The first kappa shape index (κ1) is 17.7. The molecular weight excluding hydrogens is 342 g/mol. The zero-order valence-electron chi connectivity index (χ0n) is 15.9. The predicted octanol–water partition coefficient (Wildman–Crippen LogP) is 2.29. The monoisotopic (exact) mass is 367 g/mol. The van der Waals surface area contributed by atoms with Crippen molar-refractivity contribution in [1.82, 2.24) is 24.3 Å². The molecular formula is C20H25N5O2. The Morgan fingerprint density at radius 2 is 1.85 bits per heavy atom. The molecule has 27 heavy (non-hydrogen) atoms. The van der Waals surface area contributed by atoms with Crippen molar-refractivity contribution in [2.45, 2.75) is 45.7 Å². The summed E-state index contributed by atoms with van der Waals surface area (Å²) in [6.07, 6.45) is 6.07. The van der Waals surface area contributed by atoms with Gasteiger partial charge in [-0.2, -0.15) is 0 Å². The maximum atomic E-state index is 13.0. The second-order valence-electron chi connectivity index (χ2n) is 7.51. The lowest BCUT2D eigenvalue weighted by molar-refractivity contribution is 0.0729. The number of carbonyl (C=O) groups is 2. The molecule has 2 aromatic rings. The first-order chi connectivity index (χ1) is 13.1. The van der Waals surface area contributed by atoms with Crippen molar-refractivity contribution in [3.8, 4) is 0 Å². The van der Waals surface area contributed by atoms with Gasteiger partial charge in [0.15, 0.2) is 5.82 Å². The Hall–Kier alpha value is -2.70. The van der Waals surface area contributed by atoms with Gasteiger partial charge >= 0.3 is 0 Å². The van der Waals surface area contributed by atoms with Crippen LogP contribution in [-0.2, 0) is 13.0 Å². The third-order valence-electron chi connectivity index (χ3n) is 5.35. The minimum absolute atomic E-state index is 0.0146. The average molecular weight is 367 g/mol. The van der Waals surface area contributed by atoms with Crippen molar-refractivity contribution in [3.63, 3.8) is 0 Å². The van der Waals surface area contributed by atoms with Crippen LogP contribution >= 0.6 is 0 Å². The molecule has 1 saturated heterocycles. The van der Waals surface area contributed by atoms with Crippen LogP contribution in [0.15, 0.2) is 24.5 Å². The minimum atomic E-state index is -0.0414. The van der Waals surface area contributed by atoms with Gasteiger partial charge < -0.3 is 14.4 Å². The van der Waals surface area contributed by atoms with E-state index in [0.29, 0.717) is 30.9 Å². The average Bonchev–Trinajstić information content (AvgIpc) is 3.34.